The highest BCUT2D eigenvalue weighted by Crippen LogP contribution is 2.63. The summed E-state index contributed by atoms with van der Waals surface area (Å²) in [6, 6.07) is 11.4. The molecule has 120 valence electrons. The zero-order valence-electron chi connectivity index (χ0n) is 13.3. The monoisotopic (exact) mass is 309 g/mol. The van der Waals surface area contributed by atoms with Crippen LogP contribution in [0.1, 0.15) is 31.2 Å². The molecule has 0 amide bonds. The Balaban J connectivity index is 1.29. The third-order valence-corrected chi connectivity index (χ3v) is 6.22. The number of fused-ring (bicyclic) bond motifs is 2. The van der Waals surface area contributed by atoms with Gasteiger partial charge < -0.3 is 10.1 Å². The van der Waals surface area contributed by atoms with Crippen molar-refractivity contribution in [3.8, 4) is 0 Å². The molecule has 2 aliphatic carbocycles. The molecule has 3 aliphatic rings. The highest BCUT2D eigenvalue weighted by molar-refractivity contribution is 5.48. The summed E-state index contributed by atoms with van der Waals surface area (Å²) in [6.07, 6.45) is 9.63. The van der Waals surface area contributed by atoms with Crippen molar-refractivity contribution in [1.82, 2.24) is 9.78 Å². The molecule has 3 atom stereocenters. The first-order chi connectivity index (χ1) is 11.4. The van der Waals surface area contributed by atoms with Gasteiger partial charge in [-0.1, -0.05) is 18.6 Å². The number of ether oxygens (including phenoxy) is 1. The Hall–Kier alpha value is -1.81. The van der Waals surface area contributed by atoms with Crippen molar-refractivity contribution in [2.24, 2.45) is 11.3 Å². The van der Waals surface area contributed by atoms with E-state index in [0.29, 0.717) is 17.6 Å². The Morgan fingerprint density at radius 1 is 1.26 bits per heavy atom. The molecule has 1 aromatic heterocycles. The van der Waals surface area contributed by atoms with Crippen LogP contribution < -0.4 is 5.32 Å². The molecule has 23 heavy (non-hydrogen) atoms. The summed E-state index contributed by atoms with van der Waals surface area (Å²) in [5, 5.41) is 8.09. The Morgan fingerprint density at radius 3 is 2.83 bits per heavy atom. The molecule has 2 aromatic rings. The van der Waals surface area contributed by atoms with Crippen molar-refractivity contribution in [2.75, 3.05) is 11.9 Å². The lowest BCUT2D eigenvalue weighted by Crippen LogP contribution is -2.68. The minimum atomic E-state index is 0.439. The number of hydrogen-bond donors (Lipinski definition) is 1. The van der Waals surface area contributed by atoms with Gasteiger partial charge in [0.05, 0.1) is 12.6 Å². The highest BCUT2D eigenvalue weighted by Gasteiger charge is 2.66. The first kappa shape index (κ1) is 13.6. The van der Waals surface area contributed by atoms with E-state index in [4.69, 9.17) is 4.74 Å². The summed E-state index contributed by atoms with van der Waals surface area (Å²) >= 11 is 0. The summed E-state index contributed by atoms with van der Waals surface area (Å²) in [7, 11) is 0. The van der Waals surface area contributed by atoms with E-state index in [0.717, 1.165) is 19.1 Å². The average molecular weight is 309 g/mol. The predicted octanol–water partition coefficient (Wildman–Crippen LogP) is 3.30. The fourth-order valence-electron chi connectivity index (χ4n) is 4.92. The molecule has 3 unspecified atom stereocenters. The van der Waals surface area contributed by atoms with Crippen molar-refractivity contribution < 1.29 is 4.74 Å². The van der Waals surface area contributed by atoms with Gasteiger partial charge in [0.25, 0.3) is 0 Å². The molecular formula is C19H23N3O. The summed E-state index contributed by atoms with van der Waals surface area (Å²) in [6.45, 7) is 1.79. The van der Waals surface area contributed by atoms with Gasteiger partial charge in [0.1, 0.15) is 0 Å². The van der Waals surface area contributed by atoms with Crippen LogP contribution in [0, 0.1) is 11.3 Å². The molecule has 4 nitrogen and oxygen atoms in total. The largest absolute Gasteiger partial charge is 0.381 e. The van der Waals surface area contributed by atoms with Crippen molar-refractivity contribution in [3.63, 3.8) is 0 Å². The summed E-state index contributed by atoms with van der Waals surface area (Å²) < 4.78 is 7.96. The van der Waals surface area contributed by atoms with Crippen LogP contribution in [0.4, 0.5) is 5.69 Å². The second-order valence-electron chi connectivity index (χ2n) is 7.35. The SMILES string of the molecule is c1cnn(Cc2ccc(NC3C4CCOC4C34CCC4)cc2)c1. The van der Waals surface area contributed by atoms with Crippen LogP contribution in [0.2, 0.25) is 0 Å². The number of benzene rings is 1. The fourth-order valence-corrected chi connectivity index (χ4v) is 4.92. The molecule has 0 radical (unpaired) electrons. The Morgan fingerprint density at radius 2 is 2.13 bits per heavy atom. The molecule has 2 saturated carbocycles. The molecule has 2 heterocycles. The Bertz CT molecular complexity index is 675. The van der Waals surface area contributed by atoms with Crippen molar-refractivity contribution in [2.45, 2.75) is 44.4 Å². The Kier molecular flexibility index (Phi) is 3.02. The smallest absolute Gasteiger partial charge is 0.0699 e. The zero-order valence-corrected chi connectivity index (χ0v) is 13.3. The maximum atomic E-state index is 6.01. The third kappa shape index (κ3) is 2.04. The minimum absolute atomic E-state index is 0.439. The van der Waals surface area contributed by atoms with Gasteiger partial charge in [0.2, 0.25) is 0 Å². The zero-order chi connectivity index (χ0) is 15.3. The number of rotatable bonds is 4. The van der Waals surface area contributed by atoms with Crippen molar-refractivity contribution in [1.29, 1.82) is 0 Å². The maximum Gasteiger partial charge on any atom is 0.0699 e. The average Bonchev–Trinajstić information content (AvgIpc) is 3.16. The Labute approximate surface area is 136 Å². The van der Waals surface area contributed by atoms with Crippen LogP contribution in [0.3, 0.4) is 0 Å². The highest BCUT2D eigenvalue weighted by atomic mass is 16.5. The van der Waals surface area contributed by atoms with Crippen molar-refractivity contribution >= 4 is 5.69 Å². The van der Waals surface area contributed by atoms with E-state index in [2.05, 4.69) is 34.7 Å². The van der Waals surface area contributed by atoms with Gasteiger partial charge >= 0.3 is 0 Å². The quantitative estimate of drug-likeness (QED) is 0.942. The van der Waals surface area contributed by atoms with Gasteiger partial charge in [-0.15, -0.1) is 0 Å². The second kappa shape index (κ2) is 5.10. The number of anilines is 1. The van der Waals surface area contributed by atoms with Gasteiger partial charge in [-0.2, -0.15) is 5.10 Å². The van der Waals surface area contributed by atoms with E-state index in [1.807, 2.05) is 23.1 Å². The van der Waals surface area contributed by atoms with Crippen LogP contribution >= 0.6 is 0 Å². The molecular weight excluding hydrogens is 286 g/mol. The maximum absolute atomic E-state index is 6.01. The van der Waals surface area contributed by atoms with E-state index in [1.165, 1.54) is 36.9 Å². The summed E-state index contributed by atoms with van der Waals surface area (Å²) in [4.78, 5) is 0. The molecule has 1 aromatic carbocycles. The first-order valence-corrected chi connectivity index (χ1v) is 8.80. The predicted molar refractivity (Wildman–Crippen MR) is 89.3 cm³/mol. The lowest BCUT2D eigenvalue weighted by atomic mass is 9.46. The van der Waals surface area contributed by atoms with E-state index in [1.54, 1.807) is 0 Å². The molecule has 0 bridgehead atoms. The molecule has 1 N–H and O–H groups in total. The minimum Gasteiger partial charge on any atom is -0.381 e. The topological polar surface area (TPSA) is 39.1 Å². The first-order valence-electron chi connectivity index (χ1n) is 8.80. The number of nitrogens with zero attached hydrogens (tertiary/aromatic N) is 2. The van der Waals surface area contributed by atoms with E-state index >= 15 is 0 Å². The molecule has 1 spiro atoms. The van der Waals surface area contributed by atoms with E-state index in [9.17, 15) is 0 Å². The van der Waals surface area contributed by atoms with E-state index < -0.39 is 0 Å². The van der Waals surface area contributed by atoms with Crippen LogP contribution in [0.25, 0.3) is 0 Å². The molecule has 1 aliphatic heterocycles. The second-order valence-corrected chi connectivity index (χ2v) is 7.35. The van der Waals surface area contributed by atoms with Crippen LogP contribution in [-0.4, -0.2) is 28.5 Å². The van der Waals surface area contributed by atoms with Gasteiger partial charge in [-0.25, -0.2) is 0 Å². The number of aromatic nitrogens is 2. The summed E-state index contributed by atoms with van der Waals surface area (Å²) in [5.41, 5.74) is 2.97. The fraction of sp³-hybridized carbons (Fsp3) is 0.526. The standard InChI is InChI=1S/C19H23N3O/c1-8-19(9-1)17(16-7-12-23-18(16)19)21-15-5-3-14(4-6-15)13-22-11-2-10-20-22/h2-6,10-11,16-18,21H,1,7-9,12-13H2. The lowest BCUT2D eigenvalue weighted by molar-refractivity contribution is -0.158. The number of nitrogens with one attached hydrogen (secondary N) is 1. The summed E-state index contributed by atoms with van der Waals surface area (Å²) in [5.74, 6) is 0.721. The van der Waals surface area contributed by atoms with Gasteiger partial charge in [0, 0.05) is 42.1 Å². The number of hydrogen-bond acceptors (Lipinski definition) is 3. The lowest BCUT2D eigenvalue weighted by Gasteiger charge is -2.63. The van der Waals surface area contributed by atoms with Gasteiger partial charge in [-0.3, -0.25) is 4.68 Å². The normalized spacial score (nSPS) is 30.5. The van der Waals surface area contributed by atoms with Gasteiger partial charge in [0.15, 0.2) is 0 Å². The van der Waals surface area contributed by atoms with Crippen molar-refractivity contribution in [3.05, 3.63) is 48.3 Å². The van der Waals surface area contributed by atoms with Crippen LogP contribution in [-0.2, 0) is 11.3 Å². The molecule has 1 saturated heterocycles. The molecule has 3 fully saturated rings. The molecule has 4 heteroatoms. The van der Waals surface area contributed by atoms with E-state index in [-0.39, 0.29) is 0 Å². The van der Waals surface area contributed by atoms with Crippen LogP contribution in [0.15, 0.2) is 42.7 Å². The third-order valence-electron chi connectivity index (χ3n) is 6.22. The van der Waals surface area contributed by atoms with Crippen LogP contribution in [0.5, 0.6) is 0 Å². The molecule has 5 rings (SSSR count). The van der Waals surface area contributed by atoms with Gasteiger partial charge in [-0.05, 0) is 43.0 Å².